The molecule has 1 saturated heterocycles. The molecule has 2 aliphatic rings. The van der Waals surface area contributed by atoms with Crippen LogP contribution in [-0.2, 0) is 4.79 Å². The smallest absolute Gasteiger partial charge is 0.260 e. The number of hydrogen-bond acceptors (Lipinski definition) is 3. The molecule has 23 heavy (non-hydrogen) atoms. The van der Waals surface area contributed by atoms with Gasteiger partial charge in [-0.1, -0.05) is 18.6 Å². The standard InChI is InChI=1S/C19H28N2O2/c1-14-6-5-8-18(12-14)23-15(2)19(22)20-13-17-7-3-4-11-21(17)16-9-10-16/h5-6,8,12,15-17H,3-4,7,9-11,13H2,1-2H3,(H,20,22)/t15-,17-/m1/s1. The van der Waals surface area contributed by atoms with Gasteiger partial charge in [0.05, 0.1) is 0 Å². The van der Waals surface area contributed by atoms with Gasteiger partial charge in [0.15, 0.2) is 6.10 Å². The van der Waals surface area contributed by atoms with Crippen molar-refractivity contribution in [2.75, 3.05) is 13.1 Å². The van der Waals surface area contributed by atoms with E-state index in [4.69, 9.17) is 4.74 Å². The van der Waals surface area contributed by atoms with Crippen LogP contribution in [-0.4, -0.2) is 42.1 Å². The zero-order valence-electron chi connectivity index (χ0n) is 14.3. The summed E-state index contributed by atoms with van der Waals surface area (Å²) in [5, 5.41) is 3.09. The molecular weight excluding hydrogens is 288 g/mol. The van der Waals surface area contributed by atoms with Crippen LogP contribution in [0.5, 0.6) is 5.75 Å². The average Bonchev–Trinajstić information content (AvgIpc) is 3.37. The molecule has 0 spiro atoms. The molecule has 1 aliphatic carbocycles. The predicted molar refractivity (Wildman–Crippen MR) is 91.6 cm³/mol. The number of likely N-dealkylation sites (tertiary alicyclic amines) is 1. The van der Waals surface area contributed by atoms with E-state index >= 15 is 0 Å². The Morgan fingerprint density at radius 2 is 2.17 bits per heavy atom. The first kappa shape index (κ1) is 16.3. The van der Waals surface area contributed by atoms with E-state index in [0.717, 1.165) is 23.9 Å². The molecule has 1 heterocycles. The molecule has 2 fully saturated rings. The fraction of sp³-hybridized carbons (Fsp3) is 0.632. The third-order valence-electron chi connectivity index (χ3n) is 4.87. The van der Waals surface area contributed by atoms with Gasteiger partial charge in [-0.15, -0.1) is 0 Å². The summed E-state index contributed by atoms with van der Waals surface area (Å²) in [6.07, 6.45) is 5.97. The average molecular weight is 316 g/mol. The van der Waals surface area contributed by atoms with Crippen LogP contribution in [0.1, 0.15) is 44.6 Å². The highest BCUT2D eigenvalue weighted by Gasteiger charge is 2.35. The Labute approximate surface area is 139 Å². The third kappa shape index (κ3) is 4.47. The summed E-state index contributed by atoms with van der Waals surface area (Å²) >= 11 is 0. The van der Waals surface area contributed by atoms with E-state index < -0.39 is 6.10 Å². The molecule has 0 unspecified atom stereocenters. The molecule has 1 saturated carbocycles. The molecule has 0 radical (unpaired) electrons. The van der Waals surface area contributed by atoms with Crippen molar-refractivity contribution in [2.45, 2.75) is 64.1 Å². The summed E-state index contributed by atoms with van der Waals surface area (Å²) in [6, 6.07) is 9.11. The lowest BCUT2D eigenvalue weighted by Gasteiger charge is -2.36. The first-order valence-electron chi connectivity index (χ1n) is 8.90. The Morgan fingerprint density at radius 1 is 1.35 bits per heavy atom. The molecule has 3 rings (SSSR count). The van der Waals surface area contributed by atoms with Crippen molar-refractivity contribution < 1.29 is 9.53 Å². The van der Waals surface area contributed by atoms with Gasteiger partial charge in [-0.2, -0.15) is 0 Å². The number of hydrogen-bond donors (Lipinski definition) is 1. The highest BCUT2D eigenvalue weighted by Crippen LogP contribution is 2.32. The van der Waals surface area contributed by atoms with E-state index in [-0.39, 0.29) is 5.91 Å². The van der Waals surface area contributed by atoms with Crippen LogP contribution >= 0.6 is 0 Å². The van der Waals surface area contributed by atoms with Crippen LogP contribution in [0.3, 0.4) is 0 Å². The van der Waals surface area contributed by atoms with Gasteiger partial charge in [0, 0.05) is 18.6 Å². The van der Waals surface area contributed by atoms with Gasteiger partial charge in [0.2, 0.25) is 0 Å². The molecule has 1 amide bonds. The molecule has 1 aromatic carbocycles. The van der Waals surface area contributed by atoms with Crippen molar-refractivity contribution in [1.82, 2.24) is 10.2 Å². The SMILES string of the molecule is Cc1cccc(O[C@H](C)C(=O)NC[C@H]2CCCCN2C2CC2)c1. The molecule has 0 bridgehead atoms. The second-order valence-corrected chi connectivity index (χ2v) is 6.94. The summed E-state index contributed by atoms with van der Waals surface area (Å²) in [7, 11) is 0. The molecule has 1 N–H and O–H groups in total. The van der Waals surface area contributed by atoms with Gasteiger partial charge in [-0.3, -0.25) is 9.69 Å². The maximum absolute atomic E-state index is 12.3. The second-order valence-electron chi connectivity index (χ2n) is 6.94. The van der Waals surface area contributed by atoms with E-state index in [9.17, 15) is 4.79 Å². The summed E-state index contributed by atoms with van der Waals surface area (Å²) < 4.78 is 5.76. The van der Waals surface area contributed by atoms with Crippen molar-refractivity contribution in [3.63, 3.8) is 0 Å². The Morgan fingerprint density at radius 3 is 2.91 bits per heavy atom. The number of aryl methyl sites for hydroxylation is 1. The molecule has 4 nitrogen and oxygen atoms in total. The summed E-state index contributed by atoms with van der Waals surface area (Å²) in [4.78, 5) is 14.9. The normalized spacial score (nSPS) is 23.3. The number of ether oxygens (including phenoxy) is 1. The zero-order chi connectivity index (χ0) is 16.2. The van der Waals surface area contributed by atoms with Gasteiger partial charge in [-0.25, -0.2) is 0 Å². The minimum atomic E-state index is -0.463. The molecular formula is C19H28N2O2. The largest absolute Gasteiger partial charge is 0.481 e. The quantitative estimate of drug-likeness (QED) is 0.877. The number of carbonyl (C=O) groups is 1. The minimum absolute atomic E-state index is 0.0205. The first-order chi connectivity index (χ1) is 11.1. The maximum Gasteiger partial charge on any atom is 0.260 e. The third-order valence-corrected chi connectivity index (χ3v) is 4.87. The van der Waals surface area contributed by atoms with E-state index in [2.05, 4.69) is 10.2 Å². The molecule has 0 aromatic heterocycles. The maximum atomic E-state index is 12.3. The number of benzene rings is 1. The predicted octanol–water partition coefficient (Wildman–Crippen LogP) is 2.90. The highest BCUT2D eigenvalue weighted by molar-refractivity contribution is 5.80. The lowest BCUT2D eigenvalue weighted by molar-refractivity contribution is -0.127. The van der Waals surface area contributed by atoms with Crippen molar-refractivity contribution in [1.29, 1.82) is 0 Å². The van der Waals surface area contributed by atoms with E-state index in [0.29, 0.717) is 6.04 Å². The first-order valence-corrected chi connectivity index (χ1v) is 8.90. The Hall–Kier alpha value is -1.55. The summed E-state index contributed by atoms with van der Waals surface area (Å²) in [5.74, 6) is 0.734. The van der Waals surface area contributed by atoms with Crippen LogP contribution < -0.4 is 10.1 Å². The van der Waals surface area contributed by atoms with Gasteiger partial charge >= 0.3 is 0 Å². The number of nitrogens with one attached hydrogen (secondary N) is 1. The van der Waals surface area contributed by atoms with E-state index in [1.165, 1.54) is 38.6 Å². The monoisotopic (exact) mass is 316 g/mol. The van der Waals surface area contributed by atoms with Crippen LogP contribution in [0.15, 0.2) is 24.3 Å². The van der Waals surface area contributed by atoms with Crippen LogP contribution in [0.25, 0.3) is 0 Å². The number of nitrogens with zero attached hydrogens (tertiary/aromatic N) is 1. The van der Waals surface area contributed by atoms with E-state index in [1.54, 1.807) is 0 Å². The van der Waals surface area contributed by atoms with Crippen LogP contribution in [0, 0.1) is 6.92 Å². The van der Waals surface area contributed by atoms with Gasteiger partial charge < -0.3 is 10.1 Å². The Kier molecular flexibility index (Phi) is 5.21. The molecule has 4 heteroatoms. The number of rotatable bonds is 6. The number of piperidine rings is 1. The van der Waals surface area contributed by atoms with Gasteiger partial charge in [-0.05, 0) is 63.8 Å². The number of amides is 1. The minimum Gasteiger partial charge on any atom is -0.481 e. The van der Waals surface area contributed by atoms with Gasteiger partial charge in [0.25, 0.3) is 5.91 Å². The van der Waals surface area contributed by atoms with E-state index in [1.807, 2.05) is 38.1 Å². The topological polar surface area (TPSA) is 41.6 Å². The Balaban J connectivity index is 1.48. The van der Waals surface area contributed by atoms with Crippen molar-refractivity contribution >= 4 is 5.91 Å². The summed E-state index contributed by atoms with van der Waals surface area (Å²) in [6.45, 7) is 5.78. The zero-order valence-corrected chi connectivity index (χ0v) is 14.3. The van der Waals surface area contributed by atoms with Crippen molar-refractivity contribution in [3.05, 3.63) is 29.8 Å². The second kappa shape index (κ2) is 7.35. The summed E-state index contributed by atoms with van der Waals surface area (Å²) in [5.41, 5.74) is 1.14. The molecule has 1 aliphatic heterocycles. The lowest BCUT2D eigenvalue weighted by Crippen LogP contribution is -2.49. The molecule has 126 valence electrons. The fourth-order valence-corrected chi connectivity index (χ4v) is 3.44. The Bertz CT molecular complexity index is 542. The van der Waals surface area contributed by atoms with Crippen LogP contribution in [0.2, 0.25) is 0 Å². The number of carbonyl (C=O) groups excluding carboxylic acids is 1. The van der Waals surface area contributed by atoms with Gasteiger partial charge in [0.1, 0.15) is 5.75 Å². The van der Waals surface area contributed by atoms with Crippen molar-refractivity contribution in [3.8, 4) is 5.75 Å². The fourth-order valence-electron chi connectivity index (χ4n) is 3.44. The molecule has 2 atom stereocenters. The van der Waals surface area contributed by atoms with Crippen molar-refractivity contribution in [2.24, 2.45) is 0 Å². The van der Waals surface area contributed by atoms with Crippen LogP contribution in [0.4, 0.5) is 0 Å². The lowest BCUT2D eigenvalue weighted by atomic mass is 10.0. The molecule has 1 aromatic rings. The highest BCUT2D eigenvalue weighted by atomic mass is 16.5.